The molecule has 0 bridgehead atoms. The molecule has 0 aliphatic carbocycles. The first-order valence-corrected chi connectivity index (χ1v) is 12.9. The molecule has 0 radical (unpaired) electrons. The molecular formula is C30H33O6P. The summed E-state index contributed by atoms with van der Waals surface area (Å²) in [5, 5.41) is 0. The highest BCUT2D eigenvalue weighted by molar-refractivity contribution is 7.43. The van der Waals surface area contributed by atoms with E-state index in [4.69, 9.17) is 27.8 Å². The normalized spacial score (nSPS) is 11.4. The van der Waals surface area contributed by atoms with E-state index < -0.39 is 8.60 Å². The molecule has 0 aliphatic rings. The molecule has 0 amide bonds. The standard InChI is InChI=1S/C30H33O6P/c1-7-10-22-13-16-25(28(19-22)31-4)34-37(35-26-17-14-23(11-8-2)20-29(26)32-5)36-27-18-15-24(12-9-3)21-30(27)33-6/h7-21H,1-6H3/b10-7-,11-8-,12-9-. The molecule has 0 aliphatic heterocycles. The molecule has 3 rings (SSSR count). The topological polar surface area (TPSA) is 55.4 Å². The van der Waals surface area contributed by atoms with Gasteiger partial charge in [0.25, 0.3) is 0 Å². The summed E-state index contributed by atoms with van der Waals surface area (Å²) in [7, 11) is 2.78. The molecule has 194 valence electrons. The minimum atomic E-state index is -2.00. The Hall–Kier alpha value is -3.89. The lowest BCUT2D eigenvalue weighted by Crippen LogP contribution is -2.05. The van der Waals surface area contributed by atoms with Crippen LogP contribution in [-0.2, 0) is 0 Å². The second-order valence-corrected chi connectivity index (χ2v) is 8.72. The quantitative estimate of drug-likeness (QED) is 0.223. The zero-order valence-corrected chi connectivity index (χ0v) is 23.0. The molecule has 0 heterocycles. The van der Waals surface area contributed by atoms with Gasteiger partial charge in [-0.2, -0.15) is 0 Å². The van der Waals surface area contributed by atoms with E-state index in [9.17, 15) is 0 Å². The highest BCUT2D eigenvalue weighted by Gasteiger charge is 2.25. The summed E-state index contributed by atoms with van der Waals surface area (Å²) < 4.78 is 35.5. The van der Waals surface area contributed by atoms with Crippen LogP contribution in [0.4, 0.5) is 0 Å². The van der Waals surface area contributed by atoms with E-state index in [-0.39, 0.29) is 0 Å². The lowest BCUT2D eigenvalue weighted by Gasteiger charge is -2.21. The molecule has 0 aromatic heterocycles. The van der Waals surface area contributed by atoms with Gasteiger partial charge in [0.1, 0.15) is 0 Å². The van der Waals surface area contributed by atoms with Crippen LogP contribution in [0.3, 0.4) is 0 Å². The summed E-state index contributed by atoms with van der Waals surface area (Å²) in [6.07, 6.45) is 11.8. The van der Waals surface area contributed by atoms with Gasteiger partial charge in [-0.25, -0.2) is 0 Å². The fraction of sp³-hybridized carbons (Fsp3) is 0.200. The number of allylic oxidation sites excluding steroid dienone is 3. The van der Waals surface area contributed by atoms with E-state index in [1.54, 1.807) is 21.3 Å². The maximum Gasteiger partial charge on any atom is 0.530 e. The predicted molar refractivity (Wildman–Crippen MR) is 152 cm³/mol. The van der Waals surface area contributed by atoms with Gasteiger partial charge >= 0.3 is 8.60 Å². The molecule has 0 saturated carbocycles. The SMILES string of the molecule is C/C=C\c1ccc(OP(Oc2ccc(/C=C\C)cc2OC)Oc2ccc(/C=C\C)cc2OC)c(OC)c1. The van der Waals surface area contributed by atoms with Crippen molar-refractivity contribution in [2.24, 2.45) is 0 Å². The number of ether oxygens (including phenoxy) is 3. The predicted octanol–water partition coefficient (Wildman–Crippen LogP) is 8.58. The summed E-state index contributed by atoms with van der Waals surface area (Å²) >= 11 is 0. The van der Waals surface area contributed by atoms with Crippen molar-refractivity contribution in [2.75, 3.05) is 21.3 Å². The molecule has 37 heavy (non-hydrogen) atoms. The second-order valence-electron chi connectivity index (χ2n) is 7.73. The van der Waals surface area contributed by atoms with Crippen LogP contribution in [0, 0.1) is 0 Å². The number of methoxy groups -OCH3 is 3. The third kappa shape index (κ3) is 7.55. The first-order chi connectivity index (χ1) is 18.0. The van der Waals surface area contributed by atoms with Crippen molar-refractivity contribution in [1.82, 2.24) is 0 Å². The maximum absolute atomic E-state index is 6.26. The number of benzene rings is 3. The third-order valence-corrected chi connectivity index (χ3v) is 6.20. The van der Waals surface area contributed by atoms with Crippen molar-refractivity contribution >= 4 is 26.8 Å². The van der Waals surface area contributed by atoms with Gasteiger partial charge in [0.05, 0.1) is 21.3 Å². The fourth-order valence-electron chi connectivity index (χ4n) is 3.46. The van der Waals surface area contributed by atoms with Crippen LogP contribution < -0.4 is 27.8 Å². The average Bonchev–Trinajstić information content (AvgIpc) is 2.91. The van der Waals surface area contributed by atoms with Crippen LogP contribution in [0.15, 0.2) is 72.8 Å². The van der Waals surface area contributed by atoms with E-state index in [1.807, 2.05) is 112 Å². The van der Waals surface area contributed by atoms with Gasteiger partial charge in [0, 0.05) is 0 Å². The van der Waals surface area contributed by atoms with Gasteiger partial charge < -0.3 is 27.8 Å². The molecule has 6 nitrogen and oxygen atoms in total. The Balaban J connectivity index is 2.00. The van der Waals surface area contributed by atoms with Crippen molar-refractivity contribution in [2.45, 2.75) is 20.8 Å². The Morgan fingerprint density at radius 1 is 0.459 bits per heavy atom. The summed E-state index contributed by atoms with van der Waals surface area (Å²) in [5.74, 6) is 3.12. The Morgan fingerprint density at radius 2 is 0.757 bits per heavy atom. The van der Waals surface area contributed by atoms with Gasteiger partial charge in [0.2, 0.25) is 0 Å². The lowest BCUT2D eigenvalue weighted by atomic mass is 10.2. The molecule has 0 N–H and O–H groups in total. The Kier molecular flexibility index (Phi) is 10.5. The molecule has 0 spiro atoms. The Morgan fingerprint density at radius 3 is 1.00 bits per heavy atom. The van der Waals surface area contributed by atoms with Gasteiger partial charge in [-0.1, -0.05) is 54.7 Å². The number of rotatable bonds is 12. The van der Waals surface area contributed by atoms with Crippen molar-refractivity contribution in [3.8, 4) is 34.5 Å². The van der Waals surface area contributed by atoms with Crippen LogP contribution in [0.1, 0.15) is 37.5 Å². The first-order valence-electron chi connectivity index (χ1n) is 11.8. The summed E-state index contributed by atoms with van der Waals surface area (Å²) in [6.45, 7) is 5.88. The van der Waals surface area contributed by atoms with Crippen molar-refractivity contribution in [1.29, 1.82) is 0 Å². The maximum atomic E-state index is 6.26. The van der Waals surface area contributed by atoms with E-state index in [2.05, 4.69) is 0 Å². The Labute approximate surface area is 220 Å². The van der Waals surface area contributed by atoms with Crippen LogP contribution in [0.2, 0.25) is 0 Å². The van der Waals surface area contributed by atoms with E-state index in [0.717, 1.165) is 16.7 Å². The van der Waals surface area contributed by atoms with Crippen LogP contribution in [0.25, 0.3) is 18.2 Å². The molecule has 3 aromatic carbocycles. The molecular weight excluding hydrogens is 487 g/mol. The summed E-state index contributed by atoms with van der Waals surface area (Å²) in [4.78, 5) is 0. The highest BCUT2D eigenvalue weighted by atomic mass is 31.2. The number of hydrogen-bond acceptors (Lipinski definition) is 6. The highest BCUT2D eigenvalue weighted by Crippen LogP contribution is 2.49. The van der Waals surface area contributed by atoms with Gasteiger partial charge in [0.15, 0.2) is 34.5 Å². The largest absolute Gasteiger partial charge is 0.530 e. The van der Waals surface area contributed by atoms with E-state index >= 15 is 0 Å². The molecule has 0 atom stereocenters. The molecule has 7 heteroatoms. The molecule has 3 aromatic rings. The fourth-order valence-corrected chi connectivity index (χ4v) is 4.51. The van der Waals surface area contributed by atoms with Crippen molar-refractivity contribution in [3.63, 3.8) is 0 Å². The minimum Gasteiger partial charge on any atom is -0.493 e. The summed E-state index contributed by atoms with van der Waals surface area (Å²) in [5.41, 5.74) is 2.96. The zero-order valence-electron chi connectivity index (χ0n) is 22.1. The number of hydrogen-bond donors (Lipinski definition) is 0. The van der Waals surface area contributed by atoms with Gasteiger partial charge in [-0.05, 0) is 73.9 Å². The smallest absolute Gasteiger partial charge is 0.493 e. The monoisotopic (exact) mass is 520 g/mol. The van der Waals surface area contributed by atoms with Gasteiger partial charge in [-0.3, -0.25) is 0 Å². The third-order valence-electron chi connectivity index (χ3n) is 5.16. The van der Waals surface area contributed by atoms with Crippen LogP contribution in [0.5, 0.6) is 34.5 Å². The molecule has 0 unspecified atom stereocenters. The van der Waals surface area contributed by atoms with Crippen molar-refractivity contribution in [3.05, 3.63) is 89.5 Å². The average molecular weight is 521 g/mol. The zero-order chi connectivity index (χ0) is 26.6. The summed E-state index contributed by atoms with van der Waals surface area (Å²) in [6, 6.07) is 17.0. The van der Waals surface area contributed by atoms with E-state index in [1.165, 1.54) is 0 Å². The second kappa shape index (κ2) is 14.0. The van der Waals surface area contributed by atoms with E-state index in [0.29, 0.717) is 34.5 Å². The molecule has 0 fully saturated rings. The van der Waals surface area contributed by atoms with Crippen LogP contribution >= 0.6 is 8.60 Å². The first kappa shape index (κ1) is 27.7. The lowest BCUT2D eigenvalue weighted by molar-refractivity contribution is 0.338. The molecule has 0 saturated heterocycles. The Bertz CT molecular complexity index is 1110. The van der Waals surface area contributed by atoms with Gasteiger partial charge in [-0.15, -0.1) is 0 Å². The van der Waals surface area contributed by atoms with Crippen LogP contribution in [-0.4, -0.2) is 21.3 Å². The minimum absolute atomic E-state index is 0.482. The van der Waals surface area contributed by atoms with Crippen molar-refractivity contribution < 1.29 is 27.8 Å².